The average Bonchev–Trinajstić information content (AvgIpc) is 3.21. The zero-order valence-corrected chi connectivity index (χ0v) is 16.3. The summed E-state index contributed by atoms with van der Waals surface area (Å²) in [6.45, 7) is 8.65. The van der Waals surface area contributed by atoms with Gasteiger partial charge in [-0.25, -0.2) is 0 Å². The van der Waals surface area contributed by atoms with Crippen molar-refractivity contribution >= 4 is 5.91 Å². The first-order valence-corrected chi connectivity index (χ1v) is 10.3. The molecule has 0 aliphatic carbocycles. The molecule has 3 atom stereocenters. The Morgan fingerprint density at radius 3 is 2.85 bits per heavy atom. The molecule has 6 nitrogen and oxygen atoms in total. The number of hydrogen-bond acceptors (Lipinski definition) is 4. The number of hydrogen-bond donors (Lipinski definition) is 1. The molecule has 1 amide bonds. The number of amides is 1. The first-order chi connectivity index (χ1) is 12.7. The molecule has 3 rings (SSSR count). The lowest BCUT2D eigenvalue weighted by atomic mass is 9.98. The maximum Gasteiger partial charge on any atom is 0.224 e. The quantitative estimate of drug-likeness (QED) is 0.810. The molecule has 26 heavy (non-hydrogen) atoms. The third-order valence-electron chi connectivity index (χ3n) is 5.72. The fourth-order valence-corrected chi connectivity index (χ4v) is 4.15. The molecular weight excluding hydrogens is 328 g/mol. The van der Waals surface area contributed by atoms with E-state index in [2.05, 4.69) is 35.2 Å². The standard InChI is InChI=1S/C20H34N4O2/c1-3-24-18(8-10-22-24)20-17(9-13-26-20)15-21-16(2)14-19(25)23-11-6-4-5-7-12-23/h8,10,16-17,20-21H,3-7,9,11-15H2,1-2H3/t16-,17-,20+/m0/s1. The van der Waals surface area contributed by atoms with E-state index in [-0.39, 0.29) is 12.1 Å². The Labute approximate surface area is 157 Å². The molecule has 0 radical (unpaired) electrons. The van der Waals surface area contributed by atoms with E-state index in [9.17, 15) is 4.79 Å². The van der Waals surface area contributed by atoms with Crippen LogP contribution in [0.15, 0.2) is 12.3 Å². The van der Waals surface area contributed by atoms with E-state index >= 15 is 0 Å². The van der Waals surface area contributed by atoms with Gasteiger partial charge in [0.25, 0.3) is 0 Å². The molecule has 1 aromatic rings. The van der Waals surface area contributed by atoms with Crippen LogP contribution in [0, 0.1) is 5.92 Å². The van der Waals surface area contributed by atoms with Gasteiger partial charge in [0.2, 0.25) is 5.91 Å². The van der Waals surface area contributed by atoms with E-state index in [4.69, 9.17) is 4.74 Å². The number of nitrogens with zero attached hydrogens (tertiary/aromatic N) is 3. The Balaban J connectivity index is 1.47. The summed E-state index contributed by atoms with van der Waals surface area (Å²) in [6.07, 6.45) is 8.43. The lowest BCUT2D eigenvalue weighted by Crippen LogP contribution is -2.39. The van der Waals surface area contributed by atoms with Gasteiger partial charge in [0.15, 0.2) is 0 Å². The highest BCUT2D eigenvalue weighted by atomic mass is 16.5. The van der Waals surface area contributed by atoms with Gasteiger partial charge in [0.05, 0.1) is 5.69 Å². The highest BCUT2D eigenvalue weighted by Gasteiger charge is 2.32. The Morgan fingerprint density at radius 1 is 1.35 bits per heavy atom. The van der Waals surface area contributed by atoms with E-state index in [0.717, 1.165) is 52.0 Å². The smallest absolute Gasteiger partial charge is 0.224 e. The van der Waals surface area contributed by atoms with Crippen LogP contribution in [-0.2, 0) is 16.1 Å². The van der Waals surface area contributed by atoms with Gasteiger partial charge in [0, 0.05) is 57.4 Å². The zero-order valence-electron chi connectivity index (χ0n) is 16.3. The third-order valence-corrected chi connectivity index (χ3v) is 5.72. The number of carbonyl (C=O) groups is 1. The summed E-state index contributed by atoms with van der Waals surface area (Å²) in [5.41, 5.74) is 1.17. The van der Waals surface area contributed by atoms with Crippen LogP contribution in [0.25, 0.3) is 0 Å². The molecular formula is C20H34N4O2. The van der Waals surface area contributed by atoms with Crippen molar-refractivity contribution in [2.45, 2.75) is 71.1 Å². The largest absolute Gasteiger partial charge is 0.372 e. The fourth-order valence-electron chi connectivity index (χ4n) is 4.15. The van der Waals surface area contributed by atoms with Crippen LogP contribution >= 0.6 is 0 Å². The van der Waals surface area contributed by atoms with Crippen molar-refractivity contribution in [2.75, 3.05) is 26.2 Å². The molecule has 1 aromatic heterocycles. The van der Waals surface area contributed by atoms with Crippen LogP contribution in [0.1, 0.15) is 64.2 Å². The number of likely N-dealkylation sites (tertiary alicyclic amines) is 1. The summed E-state index contributed by atoms with van der Waals surface area (Å²) in [7, 11) is 0. The van der Waals surface area contributed by atoms with E-state index in [1.165, 1.54) is 18.5 Å². The van der Waals surface area contributed by atoms with Crippen LogP contribution in [0.3, 0.4) is 0 Å². The van der Waals surface area contributed by atoms with Crippen molar-refractivity contribution in [3.8, 4) is 0 Å². The summed E-state index contributed by atoms with van der Waals surface area (Å²) in [4.78, 5) is 14.6. The van der Waals surface area contributed by atoms with Crippen molar-refractivity contribution in [1.82, 2.24) is 20.0 Å². The van der Waals surface area contributed by atoms with Crippen LogP contribution in [0.4, 0.5) is 0 Å². The number of aryl methyl sites for hydroxylation is 1. The second-order valence-corrected chi connectivity index (χ2v) is 7.72. The molecule has 6 heteroatoms. The second-order valence-electron chi connectivity index (χ2n) is 7.72. The Bertz CT molecular complexity index is 566. The maximum atomic E-state index is 12.5. The molecule has 2 aliphatic rings. The minimum atomic E-state index is 0.110. The van der Waals surface area contributed by atoms with Gasteiger partial charge in [-0.2, -0.15) is 5.10 Å². The lowest BCUT2D eigenvalue weighted by molar-refractivity contribution is -0.131. The summed E-state index contributed by atoms with van der Waals surface area (Å²) in [6, 6.07) is 2.27. The fraction of sp³-hybridized carbons (Fsp3) is 0.800. The van der Waals surface area contributed by atoms with E-state index < -0.39 is 0 Å². The Hall–Kier alpha value is -1.40. The minimum absolute atomic E-state index is 0.110. The monoisotopic (exact) mass is 362 g/mol. The van der Waals surface area contributed by atoms with Gasteiger partial charge >= 0.3 is 0 Å². The van der Waals surface area contributed by atoms with Gasteiger partial charge in [-0.15, -0.1) is 0 Å². The Morgan fingerprint density at radius 2 is 2.12 bits per heavy atom. The van der Waals surface area contributed by atoms with Crippen LogP contribution in [0.5, 0.6) is 0 Å². The number of ether oxygens (including phenoxy) is 1. The molecule has 2 saturated heterocycles. The normalized spacial score (nSPS) is 25.2. The zero-order chi connectivity index (χ0) is 18.4. The van der Waals surface area contributed by atoms with E-state index in [1.807, 2.05) is 10.9 Å². The number of rotatable bonds is 7. The first kappa shape index (κ1) is 19.4. The highest BCUT2D eigenvalue weighted by molar-refractivity contribution is 5.76. The van der Waals surface area contributed by atoms with Gasteiger partial charge in [0.1, 0.15) is 6.10 Å². The molecule has 0 unspecified atom stereocenters. The molecule has 146 valence electrons. The molecule has 1 N–H and O–H groups in total. The van der Waals surface area contributed by atoms with Crippen LogP contribution < -0.4 is 5.32 Å². The van der Waals surface area contributed by atoms with Crippen LogP contribution in [-0.4, -0.2) is 52.9 Å². The van der Waals surface area contributed by atoms with Crippen molar-refractivity contribution in [2.24, 2.45) is 5.92 Å². The van der Waals surface area contributed by atoms with Gasteiger partial charge < -0.3 is 15.0 Å². The van der Waals surface area contributed by atoms with Gasteiger partial charge in [-0.1, -0.05) is 12.8 Å². The highest BCUT2D eigenvalue weighted by Crippen LogP contribution is 2.34. The molecule has 3 heterocycles. The summed E-state index contributed by atoms with van der Waals surface area (Å²) >= 11 is 0. The molecule has 0 saturated carbocycles. The lowest BCUT2D eigenvalue weighted by Gasteiger charge is -2.25. The topological polar surface area (TPSA) is 59.4 Å². The second kappa shape index (κ2) is 9.51. The minimum Gasteiger partial charge on any atom is -0.372 e. The number of carbonyl (C=O) groups excluding carboxylic acids is 1. The number of aromatic nitrogens is 2. The van der Waals surface area contributed by atoms with Crippen molar-refractivity contribution in [3.63, 3.8) is 0 Å². The van der Waals surface area contributed by atoms with Crippen molar-refractivity contribution in [1.29, 1.82) is 0 Å². The van der Waals surface area contributed by atoms with Crippen LogP contribution in [0.2, 0.25) is 0 Å². The summed E-state index contributed by atoms with van der Waals surface area (Å²) in [5.74, 6) is 0.739. The van der Waals surface area contributed by atoms with Gasteiger partial charge in [-0.05, 0) is 39.2 Å². The van der Waals surface area contributed by atoms with E-state index in [1.54, 1.807) is 0 Å². The van der Waals surface area contributed by atoms with Crippen molar-refractivity contribution < 1.29 is 9.53 Å². The first-order valence-electron chi connectivity index (χ1n) is 10.3. The molecule has 2 aliphatic heterocycles. The van der Waals surface area contributed by atoms with Gasteiger partial charge in [-0.3, -0.25) is 9.48 Å². The Kier molecular flexibility index (Phi) is 7.08. The predicted octanol–water partition coefficient (Wildman–Crippen LogP) is 2.75. The molecule has 0 aromatic carbocycles. The number of nitrogens with one attached hydrogen (secondary N) is 1. The average molecular weight is 363 g/mol. The van der Waals surface area contributed by atoms with Crippen molar-refractivity contribution in [3.05, 3.63) is 18.0 Å². The van der Waals surface area contributed by atoms with E-state index in [0.29, 0.717) is 18.2 Å². The maximum absolute atomic E-state index is 12.5. The predicted molar refractivity (Wildman–Crippen MR) is 102 cm³/mol. The SMILES string of the molecule is CCn1nccc1[C@@H]1OCC[C@H]1CN[C@@H](C)CC(=O)N1CCCCCC1. The summed E-state index contributed by atoms with van der Waals surface area (Å²) < 4.78 is 8.02. The molecule has 0 spiro atoms. The summed E-state index contributed by atoms with van der Waals surface area (Å²) in [5, 5.41) is 7.96. The third kappa shape index (κ3) is 4.86. The molecule has 2 fully saturated rings. The molecule has 0 bridgehead atoms.